The molecule has 0 aliphatic rings. The van der Waals surface area contributed by atoms with E-state index in [1.54, 1.807) is 0 Å². The van der Waals surface area contributed by atoms with E-state index in [0.29, 0.717) is 11.6 Å². The van der Waals surface area contributed by atoms with Crippen LogP contribution in [0.15, 0.2) is 24.3 Å². The van der Waals surface area contributed by atoms with Crippen molar-refractivity contribution in [2.24, 2.45) is 5.73 Å². The number of thiocarbonyl (C=S) groups is 1. The highest BCUT2D eigenvalue weighted by Gasteiger charge is 2.07. The topological polar surface area (TPSA) is 48.1 Å². The Morgan fingerprint density at radius 3 is 2.82 bits per heavy atom. The lowest BCUT2D eigenvalue weighted by Crippen LogP contribution is -2.11. The molecule has 0 unspecified atom stereocenters. The molecule has 0 aliphatic heterocycles. The fourth-order valence-electron chi connectivity index (χ4n) is 1.80. The fraction of sp³-hybridized carbons (Fsp3) is 0.231. The second kappa shape index (κ2) is 4.67. The summed E-state index contributed by atoms with van der Waals surface area (Å²) in [6, 6.07) is 7.66. The standard InChI is InChI=1S/C13H14N2OS/c1-3-16-9-4-5-12-10(7-9)11(13(14)17)6-8(2)15-12/h4-7H,3H2,1-2H3,(H2,14,17). The predicted octanol–water partition coefficient (Wildman–Crippen LogP) is 2.58. The van der Waals surface area contributed by atoms with Crippen LogP contribution in [-0.2, 0) is 0 Å². The van der Waals surface area contributed by atoms with Crippen LogP contribution in [0.2, 0.25) is 0 Å². The molecular weight excluding hydrogens is 232 g/mol. The molecule has 2 N–H and O–H groups in total. The SMILES string of the molecule is CCOc1ccc2nc(C)cc(C(N)=S)c2c1. The van der Waals surface area contributed by atoms with E-state index in [4.69, 9.17) is 22.7 Å². The zero-order valence-electron chi connectivity index (χ0n) is 9.86. The van der Waals surface area contributed by atoms with Gasteiger partial charge in [-0.2, -0.15) is 0 Å². The lowest BCUT2D eigenvalue weighted by molar-refractivity contribution is 0.340. The van der Waals surface area contributed by atoms with Gasteiger partial charge in [0.1, 0.15) is 10.7 Å². The Kier molecular flexibility index (Phi) is 3.24. The second-order valence-electron chi connectivity index (χ2n) is 3.79. The minimum atomic E-state index is 0.383. The van der Waals surface area contributed by atoms with Crippen LogP contribution in [0.1, 0.15) is 18.2 Å². The third-order valence-corrected chi connectivity index (χ3v) is 2.70. The first kappa shape index (κ1) is 11.8. The van der Waals surface area contributed by atoms with Gasteiger partial charge in [-0.1, -0.05) is 12.2 Å². The first-order valence-corrected chi connectivity index (χ1v) is 5.86. The van der Waals surface area contributed by atoms with Crippen LogP contribution in [0.3, 0.4) is 0 Å². The van der Waals surface area contributed by atoms with Crippen LogP contribution in [-0.4, -0.2) is 16.6 Å². The Hall–Kier alpha value is -1.68. The molecule has 0 saturated heterocycles. The van der Waals surface area contributed by atoms with Crippen LogP contribution >= 0.6 is 12.2 Å². The van der Waals surface area contributed by atoms with Gasteiger partial charge in [0.25, 0.3) is 0 Å². The summed E-state index contributed by atoms with van der Waals surface area (Å²) in [5.41, 5.74) is 8.38. The number of hydrogen-bond donors (Lipinski definition) is 1. The van der Waals surface area contributed by atoms with Crippen molar-refractivity contribution in [2.75, 3.05) is 6.61 Å². The predicted molar refractivity (Wildman–Crippen MR) is 73.5 cm³/mol. The van der Waals surface area contributed by atoms with E-state index in [-0.39, 0.29) is 0 Å². The number of pyridine rings is 1. The number of rotatable bonds is 3. The van der Waals surface area contributed by atoms with E-state index >= 15 is 0 Å². The fourth-order valence-corrected chi connectivity index (χ4v) is 1.97. The number of ether oxygens (including phenoxy) is 1. The Balaban J connectivity index is 2.69. The van der Waals surface area contributed by atoms with E-state index in [9.17, 15) is 0 Å². The van der Waals surface area contributed by atoms with Gasteiger partial charge in [-0.3, -0.25) is 4.98 Å². The molecule has 0 aliphatic carbocycles. The average Bonchev–Trinajstić information content (AvgIpc) is 2.28. The van der Waals surface area contributed by atoms with Crippen LogP contribution in [0, 0.1) is 6.92 Å². The molecule has 17 heavy (non-hydrogen) atoms. The minimum Gasteiger partial charge on any atom is -0.494 e. The van der Waals surface area contributed by atoms with Crippen LogP contribution in [0.5, 0.6) is 5.75 Å². The summed E-state index contributed by atoms with van der Waals surface area (Å²) in [7, 11) is 0. The van der Waals surface area contributed by atoms with Gasteiger partial charge < -0.3 is 10.5 Å². The monoisotopic (exact) mass is 246 g/mol. The van der Waals surface area contributed by atoms with Crippen LogP contribution in [0.25, 0.3) is 10.9 Å². The van der Waals surface area contributed by atoms with Crippen LogP contribution in [0.4, 0.5) is 0 Å². The number of fused-ring (bicyclic) bond motifs is 1. The third-order valence-electron chi connectivity index (χ3n) is 2.48. The highest BCUT2D eigenvalue weighted by molar-refractivity contribution is 7.80. The average molecular weight is 246 g/mol. The Morgan fingerprint density at radius 1 is 1.41 bits per heavy atom. The summed E-state index contributed by atoms with van der Waals surface area (Å²) in [5, 5.41) is 0.939. The maximum Gasteiger partial charge on any atom is 0.120 e. The van der Waals surface area contributed by atoms with Gasteiger partial charge in [0.15, 0.2) is 0 Å². The maximum atomic E-state index is 5.74. The molecule has 3 nitrogen and oxygen atoms in total. The van der Waals surface area contributed by atoms with Gasteiger partial charge in [-0.15, -0.1) is 0 Å². The Morgan fingerprint density at radius 2 is 2.18 bits per heavy atom. The molecule has 4 heteroatoms. The van der Waals surface area contributed by atoms with Crippen molar-refractivity contribution in [2.45, 2.75) is 13.8 Å². The first-order chi connectivity index (χ1) is 8.11. The summed E-state index contributed by atoms with van der Waals surface area (Å²) in [5.74, 6) is 0.808. The van der Waals surface area contributed by atoms with Crippen molar-refractivity contribution >= 4 is 28.1 Å². The van der Waals surface area contributed by atoms with Crippen LogP contribution < -0.4 is 10.5 Å². The van der Waals surface area contributed by atoms with Gasteiger partial charge in [0, 0.05) is 16.6 Å². The molecule has 88 valence electrons. The first-order valence-electron chi connectivity index (χ1n) is 5.46. The van der Waals surface area contributed by atoms with E-state index in [1.165, 1.54) is 0 Å². The van der Waals surface area contributed by atoms with Gasteiger partial charge in [0.2, 0.25) is 0 Å². The molecule has 0 fully saturated rings. The largest absolute Gasteiger partial charge is 0.494 e. The van der Waals surface area contributed by atoms with Crippen molar-refractivity contribution in [1.82, 2.24) is 4.98 Å². The Labute approximate surface area is 106 Å². The number of nitrogens with two attached hydrogens (primary N) is 1. The number of benzene rings is 1. The third kappa shape index (κ3) is 2.36. The number of aromatic nitrogens is 1. The molecule has 1 aromatic carbocycles. The molecule has 0 spiro atoms. The summed E-state index contributed by atoms with van der Waals surface area (Å²) in [6.07, 6.45) is 0. The summed E-state index contributed by atoms with van der Waals surface area (Å²) in [6.45, 7) is 4.51. The van der Waals surface area contributed by atoms with E-state index < -0.39 is 0 Å². The molecule has 0 bridgehead atoms. The van der Waals surface area contributed by atoms with Gasteiger partial charge in [-0.05, 0) is 38.1 Å². The zero-order chi connectivity index (χ0) is 12.4. The molecule has 0 amide bonds. The smallest absolute Gasteiger partial charge is 0.120 e. The lowest BCUT2D eigenvalue weighted by Gasteiger charge is -2.09. The number of nitrogens with zero attached hydrogens (tertiary/aromatic N) is 1. The highest BCUT2D eigenvalue weighted by Crippen LogP contribution is 2.23. The Bertz CT molecular complexity index is 581. The van der Waals surface area contributed by atoms with E-state index in [0.717, 1.165) is 27.9 Å². The molecule has 0 atom stereocenters. The molecule has 0 radical (unpaired) electrons. The minimum absolute atomic E-state index is 0.383. The summed E-state index contributed by atoms with van der Waals surface area (Å²) in [4.78, 5) is 4.83. The van der Waals surface area contributed by atoms with Gasteiger partial charge in [0.05, 0.1) is 12.1 Å². The molecule has 0 saturated carbocycles. The van der Waals surface area contributed by atoms with Crippen molar-refractivity contribution in [1.29, 1.82) is 0 Å². The van der Waals surface area contributed by atoms with E-state index in [2.05, 4.69) is 4.98 Å². The molecule has 2 rings (SSSR count). The quantitative estimate of drug-likeness (QED) is 0.846. The van der Waals surface area contributed by atoms with Gasteiger partial charge in [-0.25, -0.2) is 0 Å². The second-order valence-corrected chi connectivity index (χ2v) is 4.23. The summed E-state index contributed by atoms with van der Waals surface area (Å²) >= 11 is 5.07. The molecule has 1 aromatic heterocycles. The number of hydrogen-bond acceptors (Lipinski definition) is 3. The summed E-state index contributed by atoms with van der Waals surface area (Å²) < 4.78 is 5.47. The van der Waals surface area contributed by atoms with Crippen molar-refractivity contribution in [3.05, 3.63) is 35.5 Å². The van der Waals surface area contributed by atoms with Crippen molar-refractivity contribution in [3.8, 4) is 5.75 Å². The molecule has 1 heterocycles. The molecule has 2 aromatic rings. The maximum absolute atomic E-state index is 5.74. The highest BCUT2D eigenvalue weighted by atomic mass is 32.1. The normalized spacial score (nSPS) is 10.5. The van der Waals surface area contributed by atoms with Gasteiger partial charge >= 0.3 is 0 Å². The van der Waals surface area contributed by atoms with Crippen molar-refractivity contribution < 1.29 is 4.74 Å². The van der Waals surface area contributed by atoms with E-state index in [1.807, 2.05) is 38.1 Å². The zero-order valence-corrected chi connectivity index (χ0v) is 10.7. The molecular formula is C13H14N2OS. The number of aryl methyl sites for hydroxylation is 1. The lowest BCUT2D eigenvalue weighted by atomic mass is 10.1. The van der Waals surface area contributed by atoms with Crippen molar-refractivity contribution in [3.63, 3.8) is 0 Å².